The van der Waals surface area contributed by atoms with Crippen molar-refractivity contribution >= 4 is 23.2 Å². The van der Waals surface area contributed by atoms with Crippen LogP contribution in [0, 0.1) is 0 Å². The average Bonchev–Trinajstić information content (AvgIpc) is 1.99. The van der Waals surface area contributed by atoms with E-state index in [9.17, 15) is 0 Å². The highest BCUT2D eigenvalue weighted by Gasteiger charge is 2.32. The molecule has 0 amide bonds. The van der Waals surface area contributed by atoms with Crippen molar-refractivity contribution in [3.8, 4) is 0 Å². The van der Waals surface area contributed by atoms with Crippen LogP contribution in [0.4, 0.5) is 0 Å². The lowest BCUT2D eigenvalue weighted by Crippen LogP contribution is -2.37. The molecule has 74 valence electrons. The van der Waals surface area contributed by atoms with Gasteiger partial charge in [0.2, 0.25) is 0 Å². The van der Waals surface area contributed by atoms with Crippen LogP contribution in [0.1, 0.15) is 26.2 Å². The number of hydrogen-bond acceptors (Lipinski definition) is 2. The SMILES string of the molecule is CC1(OCCO)CCC1.ClCCl. The van der Waals surface area contributed by atoms with Gasteiger partial charge >= 0.3 is 0 Å². The van der Waals surface area contributed by atoms with Crippen molar-refractivity contribution in [3.05, 3.63) is 0 Å². The molecule has 1 aliphatic rings. The van der Waals surface area contributed by atoms with Crippen LogP contribution >= 0.6 is 23.2 Å². The van der Waals surface area contributed by atoms with E-state index in [1.165, 1.54) is 6.42 Å². The summed E-state index contributed by atoms with van der Waals surface area (Å²) in [5.74, 6) is 0. The maximum absolute atomic E-state index is 8.42. The smallest absolute Gasteiger partial charge is 0.0967 e. The maximum atomic E-state index is 8.42. The van der Waals surface area contributed by atoms with E-state index in [4.69, 9.17) is 33.0 Å². The van der Waals surface area contributed by atoms with Crippen LogP contribution in [0.5, 0.6) is 0 Å². The summed E-state index contributed by atoms with van der Waals surface area (Å²) in [7, 11) is 0. The summed E-state index contributed by atoms with van der Waals surface area (Å²) in [6.45, 7) is 2.75. The summed E-state index contributed by atoms with van der Waals surface area (Å²) < 4.78 is 5.36. The number of halogens is 2. The molecule has 0 bridgehead atoms. The van der Waals surface area contributed by atoms with Gasteiger partial charge in [0.25, 0.3) is 0 Å². The maximum Gasteiger partial charge on any atom is 0.0967 e. The van der Waals surface area contributed by atoms with Crippen LogP contribution in [0.15, 0.2) is 0 Å². The first-order chi connectivity index (χ1) is 5.68. The quantitative estimate of drug-likeness (QED) is 0.732. The van der Waals surface area contributed by atoms with Crippen molar-refractivity contribution in [1.82, 2.24) is 0 Å². The van der Waals surface area contributed by atoms with Crippen LogP contribution < -0.4 is 0 Å². The first-order valence-corrected chi connectivity index (χ1v) is 5.12. The zero-order valence-electron chi connectivity index (χ0n) is 7.35. The Balaban J connectivity index is 0.000000354. The number of rotatable bonds is 3. The van der Waals surface area contributed by atoms with E-state index < -0.39 is 0 Å². The minimum Gasteiger partial charge on any atom is -0.394 e. The number of aliphatic hydroxyl groups excluding tert-OH is 1. The molecule has 1 saturated carbocycles. The standard InChI is InChI=1S/C7H14O2.CH2Cl2/c1-7(3-2-4-7)9-6-5-8;2-1-3/h8H,2-6H2,1H3;1H2. The van der Waals surface area contributed by atoms with E-state index in [1.54, 1.807) is 0 Å². The number of hydrogen-bond donors (Lipinski definition) is 1. The zero-order valence-corrected chi connectivity index (χ0v) is 8.87. The third-order valence-corrected chi connectivity index (χ3v) is 1.95. The first-order valence-electron chi connectivity index (χ1n) is 4.05. The Morgan fingerprint density at radius 2 is 1.92 bits per heavy atom. The Morgan fingerprint density at radius 3 is 2.17 bits per heavy atom. The summed E-state index contributed by atoms with van der Waals surface area (Å²) in [4.78, 5) is 0. The molecule has 0 aromatic heterocycles. The molecule has 4 heteroatoms. The fourth-order valence-corrected chi connectivity index (χ4v) is 1.11. The van der Waals surface area contributed by atoms with E-state index in [1.807, 2.05) is 0 Å². The molecule has 0 atom stereocenters. The van der Waals surface area contributed by atoms with Gasteiger partial charge < -0.3 is 9.84 Å². The normalized spacial score (nSPS) is 19.0. The van der Waals surface area contributed by atoms with Gasteiger partial charge in [0.05, 0.1) is 24.2 Å². The lowest BCUT2D eigenvalue weighted by molar-refractivity contribution is -0.0942. The Morgan fingerprint density at radius 1 is 1.42 bits per heavy atom. The lowest BCUT2D eigenvalue weighted by atomic mass is 9.82. The Hall–Kier alpha value is 0.500. The predicted octanol–water partition coefficient (Wildman–Crippen LogP) is 2.36. The molecular formula is C8H16Cl2O2. The van der Waals surface area contributed by atoms with Crippen molar-refractivity contribution in [2.75, 3.05) is 18.6 Å². The first kappa shape index (κ1) is 12.5. The Bertz CT molecular complexity index is 105. The Labute approximate surface area is 83.8 Å². The van der Waals surface area contributed by atoms with Gasteiger partial charge in [-0.15, -0.1) is 23.2 Å². The van der Waals surface area contributed by atoms with Crippen LogP contribution in [0.25, 0.3) is 0 Å². The molecule has 0 heterocycles. The molecule has 1 aliphatic carbocycles. The third-order valence-electron chi connectivity index (χ3n) is 1.95. The van der Waals surface area contributed by atoms with Gasteiger partial charge in [-0.2, -0.15) is 0 Å². The van der Waals surface area contributed by atoms with E-state index in [2.05, 4.69) is 6.92 Å². The fourth-order valence-electron chi connectivity index (χ4n) is 1.11. The zero-order chi connectivity index (χ0) is 9.45. The van der Waals surface area contributed by atoms with Gasteiger partial charge in [-0.3, -0.25) is 0 Å². The minimum absolute atomic E-state index is 0.114. The van der Waals surface area contributed by atoms with Crippen molar-refractivity contribution in [2.24, 2.45) is 0 Å². The summed E-state index contributed by atoms with van der Waals surface area (Å²) in [6.07, 6.45) is 3.60. The lowest BCUT2D eigenvalue weighted by Gasteiger charge is -2.37. The third kappa shape index (κ3) is 5.20. The van der Waals surface area contributed by atoms with Crippen molar-refractivity contribution in [3.63, 3.8) is 0 Å². The van der Waals surface area contributed by atoms with Crippen molar-refractivity contribution in [1.29, 1.82) is 0 Å². The van der Waals surface area contributed by atoms with Crippen molar-refractivity contribution < 1.29 is 9.84 Å². The van der Waals surface area contributed by atoms with Crippen LogP contribution in [0.2, 0.25) is 0 Å². The second kappa shape index (κ2) is 6.96. The molecular weight excluding hydrogens is 199 g/mol. The summed E-state index contributed by atoms with van der Waals surface area (Å²) in [5.41, 5.74) is 0.114. The average molecular weight is 215 g/mol. The highest BCUT2D eigenvalue weighted by atomic mass is 35.5. The highest BCUT2D eigenvalue weighted by Crippen LogP contribution is 2.34. The molecule has 0 unspecified atom stereocenters. The van der Waals surface area contributed by atoms with Crippen molar-refractivity contribution in [2.45, 2.75) is 31.8 Å². The Kier molecular flexibility index (Phi) is 7.25. The summed E-state index contributed by atoms with van der Waals surface area (Å²) in [5, 5.41) is 8.62. The molecule has 1 rings (SSSR count). The molecule has 0 aliphatic heterocycles. The van der Waals surface area contributed by atoms with Gasteiger partial charge in [0, 0.05) is 0 Å². The van der Waals surface area contributed by atoms with Gasteiger partial charge in [-0.25, -0.2) is 0 Å². The molecule has 12 heavy (non-hydrogen) atoms. The number of alkyl halides is 2. The van der Waals surface area contributed by atoms with E-state index in [0.717, 1.165) is 12.8 Å². The summed E-state index contributed by atoms with van der Waals surface area (Å²) >= 11 is 9.53. The second-order valence-corrected chi connectivity index (χ2v) is 3.78. The van der Waals surface area contributed by atoms with Crippen LogP contribution in [-0.2, 0) is 4.74 Å². The van der Waals surface area contributed by atoms with E-state index in [-0.39, 0.29) is 17.5 Å². The van der Waals surface area contributed by atoms with Crippen LogP contribution in [0.3, 0.4) is 0 Å². The number of aliphatic hydroxyl groups is 1. The van der Waals surface area contributed by atoms with E-state index >= 15 is 0 Å². The second-order valence-electron chi connectivity index (χ2n) is 2.98. The summed E-state index contributed by atoms with van der Waals surface area (Å²) in [6, 6.07) is 0. The molecule has 0 spiro atoms. The molecule has 1 fully saturated rings. The van der Waals surface area contributed by atoms with Crippen LogP contribution in [-0.4, -0.2) is 29.3 Å². The molecule has 0 aromatic rings. The molecule has 0 aromatic carbocycles. The largest absolute Gasteiger partial charge is 0.394 e. The monoisotopic (exact) mass is 214 g/mol. The molecule has 1 N–H and O–H groups in total. The minimum atomic E-state index is 0.114. The van der Waals surface area contributed by atoms with E-state index in [0.29, 0.717) is 6.61 Å². The topological polar surface area (TPSA) is 29.5 Å². The molecule has 0 saturated heterocycles. The highest BCUT2D eigenvalue weighted by molar-refractivity contribution is 6.40. The predicted molar refractivity (Wildman–Crippen MR) is 51.9 cm³/mol. The van der Waals surface area contributed by atoms with Gasteiger partial charge in [-0.05, 0) is 26.2 Å². The fraction of sp³-hybridized carbons (Fsp3) is 1.00. The van der Waals surface area contributed by atoms with Gasteiger partial charge in [0.1, 0.15) is 0 Å². The number of ether oxygens (including phenoxy) is 1. The van der Waals surface area contributed by atoms with Gasteiger partial charge in [-0.1, -0.05) is 0 Å². The molecule has 0 radical (unpaired) electrons. The van der Waals surface area contributed by atoms with Gasteiger partial charge in [0.15, 0.2) is 0 Å². The molecule has 2 nitrogen and oxygen atoms in total.